The Hall–Kier alpha value is -2.65. The number of fused-ring (bicyclic) bond motifs is 3. The van der Waals surface area contributed by atoms with Gasteiger partial charge in [-0.1, -0.05) is 46.3 Å². The van der Waals surface area contributed by atoms with Crippen molar-refractivity contribution in [1.29, 1.82) is 0 Å². The number of primary amides is 1. The second-order valence-electron chi connectivity index (χ2n) is 6.16. The smallest absolute Gasteiger partial charge is 0.276 e. The summed E-state index contributed by atoms with van der Waals surface area (Å²) >= 11 is 3.27. The van der Waals surface area contributed by atoms with E-state index in [9.17, 15) is 13.2 Å². The number of aromatic nitrogens is 2. The molecule has 138 valence electrons. The number of nitrogens with two attached hydrogens (primary N) is 1. The van der Waals surface area contributed by atoms with Crippen LogP contribution in [-0.4, -0.2) is 24.2 Å². The number of hydrogen-bond donors (Lipinski definition) is 2. The van der Waals surface area contributed by atoms with E-state index in [-0.39, 0.29) is 10.6 Å². The first-order chi connectivity index (χ1) is 12.9. The topological polar surface area (TPSA) is 107 Å². The van der Waals surface area contributed by atoms with Crippen molar-refractivity contribution in [1.82, 2.24) is 9.89 Å². The molecule has 1 heterocycles. The lowest BCUT2D eigenvalue weighted by molar-refractivity contribution is 0.0994. The number of nitrogens with one attached hydrogen (secondary N) is 1. The maximum Gasteiger partial charge on any atom is 0.276 e. The quantitative estimate of drug-likeness (QED) is 0.641. The first kappa shape index (κ1) is 17.7. The number of amides is 1. The molecule has 0 atom stereocenters. The summed E-state index contributed by atoms with van der Waals surface area (Å²) in [4.78, 5) is 15.5. The van der Waals surface area contributed by atoms with Crippen molar-refractivity contribution in [3.05, 3.63) is 69.8 Å². The number of nitrogens with zero attached hydrogens (tertiary/aromatic N) is 2. The third-order valence-corrected chi connectivity index (χ3v) is 6.23. The lowest BCUT2D eigenvalue weighted by Gasteiger charge is -2.19. The molecule has 3 aromatic rings. The number of hydrogen-bond acceptors (Lipinski definition) is 4. The monoisotopic (exact) mass is 446 g/mol. The molecule has 0 spiro atoms. The van der Waals surface area contributed by atoms with Gasteiger partial charge in [-0.15, -0.1) is 5.10 Å². The van der Waals surface area contributed by atoms with Crippen molar-refractivity contribution in [2.45, 2.75) is 17.7 Å². The Morgan fingerprint density at radius 2 is 1.93 bits per heavy atom. The van der Waals surface area contributed by atoms with E-state index in [1.54, 1.807) is 12.1 Å². The van der Waals surface area contributed by atoms with Crippen LogP contribution in [0.2, 0.25) is 0 Å². The number of rotatable bonds is 4. The minimum atomic E-state index is -3.92. The molecule has 9 heteroatoms. The van der Waals surface area contributed by atoms with Crippen molar-refractivity contribution in [2.75, 3.05) is 4.83 Å². The molecule has 2 aromatic carbocycles. The average molecular weight is 447 g/mol. The maximum absolute atomic E-state index is 12.8. The predicted molar refractivity (Wildman–Crippen MR) is 104 cm³/mol. The lowest BCUT2D eigenvalue weighted by atomic mass is 9.89. The number of sulfonamides is 1. The Balaban J connectivity index is 1.86. The van der Waals surface area contributed by atoms with Crippen LogP contribution in [0, 0.1) is 0 Å². The van der Waals surface area contributed by atoms with Gasteiger partial charge >= 0.3 is 0 Å². The van der Waals surface area contributed by atoms with Gasteiger partial charge in [-0.2, -0.15) is 18.0 Å². The molecule has 4 rings (SSSR count). The zero-order valence-corrected chi connectivity index (χ0v) is 16.4. The molecule has 1 aliphatic carbocycles. The number of carbonyl (C=O) groups is 1. The Labute approximate surface area is 164 Å². The summed E-state index contributed by atoms with van der Waals surface area (Å²) in [6, 6.07) is 14.0. The van der Waals surface area contributed by atoms with Gasteiger partial charge in [0.2, 0.25) is 0 Å². The summed E-state index contributed by atoms with van der Waals surface area (Å²) in [5, 5.41) is 4.16. The van der Waals surface area contributed by atoms with Crippen molar-refractivity contribution < 1.29 is 13.2 Å². The van der Waals surface area contributed by atoms with Crippen molar-refractivity contribution in [2.24, 2.45) is 5.73 Å². The van der Waals surface area contributed by atoms with E-state index in [4.69, 9.17) is 5.73 Å². The van der Waals surface area contributed by atoms with E-state index in [2.05, 4.69) is 25.9 Å². The number of carbonyl (C=O) groups excluding carboxylic acids is 1. The second-order valence-corrected chi connectivity index (χ2v) is 8.74. The largest absolute Gasteiger partial charge is 0.364 e. The minimum absolute atomic E-state index is 0.0749. The van der Waals surface area contributed by atoms with Crippen LogP contribution in [0.25, 0.3) is 11.3 Å². The highest BCUT2D eigenvalue weighted by atomic mass is 79.9. The fraction of sp³-hybridized carbons (Fsp3) is 0.111. The van der Waals surface area contributed by atoms with Crippen LogP contribution in [0.5, 0.6) is 0 Å². The summed E-state index contributed by atoms with van der Waals surface area (Å²) < 4.78 is 26.3. The van der Waals surface area contributed by atoms with Crippen LogP contribution in [0.15, 0.2) is 57.9 Å². The number of halogens is 1. The Morgan fingerprint density at radius 3 is 2.67 bits per heavy atom. The molecular weight excluding hydrogens is 432 g/mol. The Kier molecular flexibility index (Phi) is 4.27. The van der Waals surface area contributed by atoms with Gasteiger partial charge in [-0.25, -0.2) is 0 Å². The summed E-state index contributed by atoms with van der Waals surface area (Å²) in [7, 11) is -3.92. The Morgan fingerprint density at radius 1 is 1.15 bits per heavy atom. The van der Waals surface area contributed by atoms with E-state index >= 15 is 0 Å². The standard InChI is InChI=1S/C18H15BrN4O3S/c19-12-5-3-6-13(10-12)27(25,26)22-23-17-14-7-2-1-4-11(14)8-9-15(17)16(21-23)18(20)24/h1-7,10,22H,8-9H2,(H2,20,24). The molecule has 0 saturated heterocycles. The molecule has 7 nitrogen and oxygen atoms in total. The highest BCUT2D eigenvalue weighted by Gasteiger charge is 2.29. The Bertz CT molecular complexity index is 1170. The van der Waals surface area contributed by atoms with Gasteiger partial charge in [-0.3, -0.25) is 4.79 Å². The molecule has 1 aliphatic rings. The van der Waals surface area contributed by atoms with Crippen molar-refractivity contribution >= 4 is 31.9 Å². The van der Waals surface area contributed by atoms with Crippen LogP contribution in [0.3, 0.4) is 0 Å². The first-order valence-electron chi connectivity index (χ1n) is 8.15. The molecule has 0 aliphatic heterocycles. The molecule has 0 unspecified atom stereocenters. The van der Waals surface area contributed by atoms with E-state index in [0.717, 1.165) is 22.3 Å². The third-order valence-electron chi connectivity index (χ3n) is 4.45. The molecule has 0 saturated carbocycles. The van der Waals surface area contributed by atoms with E-state index in [0.29, 0.717) is 22.2 Å². The van der Waals surface area contributed by atoms with Gasteiger partial charge in [0.05, 0.1) is 10.6 Å². The summed E-state index contributed by atoms with van der Waals surface area (Å²) in [6.45, 7) is 0. The zero-order valence-electron chi connectivity index (χ0n) is 14.0. The van der Waals surface area contributed by atoms with Crippen LogP contribution in [-0.2, 0) is 22.9 Å². The minimum Gasteiger partial charge on any atom is -0.364 e. The second kappa shape index (κ2) is 6.50. The highest BCUT2D eigenvalue weighted by Crippen LogP contribution is 2.35. The summed E-state index contributed by atoms with van der Waals surface area (Å²) in [5.74, 6) is -0.689. The van der Waals surface area contributed by atoms with Crippen molar-refractivity contribution in [3.8, 4) is 11.3 Å². The SMILES string of the molecule is NC(=O)c1nn(NS(=O)(=O)c2cccc(Br)c2)c2c1CCc1ccccc1-2. The molecule has 0 fully saturated rings. The normalized spacial score (nSPS) is 12.9. The predicted octanol–water partition coefficient (Wildman–Crippen LogP) is 2.44. The molecular formula is C18H15BrN4O3S. The van der Waals surface area contributed by atoms with Crippen LogP contribution < -0.4 is 10.6 Å². The fourth-order valence-electron chi connectivity index (χ4n) is 3.26. The van der Waals surface area contributed by atoms with Crippen molar-refractivity contribution in [3.63, 3.8) is 0 Å². The van der Waals surface area contributed by atoms with Gasteiger partial charge < -0.3 is 5.73 Å². The van der Waals surface area contributed by atoms with E-state index in [1.807, 2.05) is 24.3 Å². The zero-order chi connectivity index (χ0) is 19.2. The maximum atomic E-state index is 12.8. The fourth-order valence-corrected chi connectivity index (χ4v) is 4.81. The van der Waals surface area contributed by atoms with Crippen LogP contribution >= 0.6 is 15.9 Å². The van der Waals surface area contributed by atoms with Crippen LogP contribution in [0.4, 0.5) is 0 Å². The average Bonchev–Trinajstić information content (AvgIpc) is 3.00. The van der Waals surface area contributed by atoms with E-state index in [1.165, 1.54) is 12.1 Å². The molecule has 1 aromatic heterocycles. The summed E-state index contributed by atoms with van der Waals surface area (Å²) in [6.07, 6.45) is 1.29. The molecule has 0 radical (unpaired) electrons. The third kappa shape index (κ3) is 3.13. The lowest BCUT2D eigenvalue weighted by Crippen LogP contribution is -2.26. The van der Waals surface area contributed by atoms with Gasteiger partial charge in [0.25, 0.3) is 15.9 Å². The molecule has 1 amide bonds. The molecule has 3 N–H and O–H groups in total. The number of benzene rings is 2. The van der Waals surface area contributed by atoms with Gasteiger partial charge in [-0.05, 0) is 36.6 Å². The number of aryl methyl sites for hydroxylation is 1. The molecule has 0 bridgehead atoms. The van der Waals surface area contributed by atoms with Gasteiger partial charge in [0, 0.05) is 15.6 Å². The molecule has 27 heavy (non-hydrogen) atoms. The van der Waals surface area contributed by atoms with Gasteiger partial charge in [0.1, 0.15) is 0 Å². The van der Waals surface area contributed by atoms with Gasteiger partial charge in [0.15, 0.2) is 5.69 Å². The van der Waals surface area contributed by atoms with Crippen LogP contribution in [0.1, 0.15) is 21.6 Å². The van der Waals surface area contributed by atoms with E-state index < -0.39 is 15.9 Å². The highest BCUT2D eigenvalue weighted by molar-refractivity contribution is 9.10. The summed E-state index contributed by atoms with van der Waals surface area (Å²) in [5.41, 5.74) is 8.63. The first-order valence-corrected chi connectivity index (χ1v) is 10.4.